The Morgan fingerprint density at radius 2 is 1.11 bits per heavy atom. The lowest BCUT2D eigenvalue weighted by molar-refractivity contribution is 0.484. The molecular weight excluding hydrogens is 649 g/mol. The smallest absolute Gasteiger partial charge is 0.145 e. The molecule has 10 aromatic rings. The zero-order chi connectivity index (χ0) is 35.8. The van der Waals surface area contributed by atoms with Gasteiger partial charge in [-0.25, -0.2) is 9.97 Å². The summed E-state index contributed by atoms with van der Waals surface area (Å²) in [5, 5.41) is 5.68. The number of para-hydroxylation sites is 1. The number of imidazole rings is 1. The molecule has 0 spiro atoms. The fraction of sp³-hybridized carbons (Fsp3) is 0.0833. The van der Waals surface area contributed by atoms with Gasteiger partial charge in [-0.3, -0.25) is 8.97 Å². The number of benzene rings is 6. The Bertz CT molecular complexity index is 3040. The van der Waals surface area contributed by atoms with Crippen LogP contribution in [0.5, 0.6) is 11.5 Å². The Morgan fingerprint density at radius 1 is 0.472 bits per heavy atom. The van der Waals surface area contributed by atoms with Gasteiger partial charge in [-0.15, -0.1) is 0 Å². The molecule has 5 nitrogen and oxygen atoms in total. The number of aromatic nitrogens is 4. The lowest BCUT2D eigenvalue weighted by atomic mass is 9.94. The second-order valence-electron chi connectivity index (χ2n) is 14.1. The maximum atomic E-state index is 6.70. The molecule has 0 saturated carbocycles. The maximum Gasteiger partial charge on any atom is 0.145 e. The highest BCUT2D eigenvalue weighted by molar-refractivity contribution is 6.14. The van der Waals surface area contributed by atoms with Crippen LogP contribution in [-0.2, 0) is 0 Å². The number of fused-ring (bicyclic) bond motifs is 9. The molecule has 0 aliphatic heterocycles. The average Bonchev–Trinajstić information content (AvgIpc) is 3.75. The van der Waals surface area contributed by atoms with Crippen LogP contribution in [0.15, 0.2) is 146 Å². The third-order valence-electron chi connectivity index (χ3n) is 10.8. The van der Waals surface area contributed by atoms with E-state index < -0.39 is 0 Å². The molecule has 0 aliphatic carbocycles. The molecule has 0 N–H and O–H groups in total. The Hall–Kier alpha value is -6.72. The van der Waals surface area contributed by atoms with Crippen LogP contribution >= 0.6 is 0 Å². The van der Waals surface area contributed by atoms with Crippen LogP contribution < -0.4 is 4.74 Å². The molecule has 5 heteroatoms. The molecule has 6 aromatic carbocycles. The first-order valence-electron chi connectivity index (χ1n) is 18.1. The van der Waals surface area contributed by atoms with Crippen molar-refractivity contribution in [2.24, 2.45) is 0 Å². The van der Waals surface area contributed by atoms with E-state index in [4.69, 9.17) is 14.7 Å². The monoisotopic (exact) mass is 684 g/mol. The van der Waals surface area contributed by atoms with E-state index in [0.717, 1.165) is 61.4 Å². The number of hydrogen-bond donors (Lipinski definition) is 0. The number of aryl methyl sites for hydroxylation is 4. The van der Waals surface area contributed by atoms with E-state index in [1.165, 1.54) is 49.7 Å². The van der Waals surface area contributed by atoms with Crippen molar-refractivity contribution in [1.82, 2.24) is 18.9 Å². The van der Waals surface area contributed by atoms with Crippen LogP contribution in [0.2, 0.25) is 0 Å². The third kappa shape index (κ3) is 4.85. The lowest BCUT2D eigenvalue weighted by Gasteiger charge is -2.16. The van der Waals surface area contributed by atoms with Gasteiger partial charge >= 0.3 is 0 Å². The van der Waals surface area contributed by atoms with E-state index >= 15 is 0 Å². The Labute approximate surface area is 307 Å². The fourth-order valence-corrected chi connectivity index (χ4v) is 8.44. The van der Waals surface area contributed by atoms with E-state index in [9.17, 15) is 0 Å². The van der Waals surface area contributed by atoms with Gasteiger partial charge in [0.15, 0.2) is 0 Å². The van der Waals surface area contributed by atoms with Gasteiger partial charge in [0.1, 0.15) is 23.0 Å². The standard InChI is InChI=1S/C48H36N4O/c1-29-11-9-12-30(2)46(29)33-18-21-38-36-22-19-34(26-40(36)48-50-28-44(52(48)42(38)25-33)47-31(3)13-10-14-32(47)4)53-35-20-23-39-37-15-5-6-16-41(37)51(43(39)27-35)45-17-7-8-24-49-45/h5-28H,1-4H3. The first-order valence-corrected chi connectivity index (χ1v) is 18.1. The number of rotatable bonds is 5. The van der Waals surface area contributed by atoms with Crippen molar-refractivity contribution < 1.29 is 4.74 Å². The highest BCUT2D eigenvalue weighted by Gasteiger charge is 2.19. The number of pyridine rings is 2. The number of nitrogens with zero attached hydrogens (tertiary/aromatic N) is 4. The van der Waals surface area contributed by atoms with Crippen molar-refractivity contribution in [3.63, 3.8) is 0 Å². The van der Waals surface area contributed by atoms with Crippen LogP contribution in [-0.4, -0.2) is 18.9 Å². The summed E-state index contributed by atoms with van der Waals surface area (Å²) in [6, 6.07) is 47.1. The van der Waals surface area contributed by atoms with Gasteiger partial charge in [0, 0.05) is 39.4 Å². The fourth-order valence-electron chi connectivity index (χ4n) is 8.44. The zero-order valence-corrected chi connectivity index (χ0v) is 30.1. The molecule has 0 aliphatic rings. The predicted octanol–water partition coefficient (Wildman–Crippen LogP) is 12.5. The largest absolute Gasteiger partial charge is 0.457 e. The van der Waals surface area contributed by atoms with Gasteiger partial charge in [-0.1, -0.05) is 72.8 Å². The molecule has 0 saturated heterocycles. The molecule has 4 heterocycles. The molecule has 254 valence electrons. The summed E-state index contributed by atoms with van der Waals surface area (Å²) >= 11 is 0. The lowest BCUT2D eigenvalue weighted by Crippen LogP contribution is -1.98. The quantitative estimate of drug-likeness (QED) is 0.170. The third-order valence-corrected chi connectivity index (χ3v) is 10.8. The Kier molecular flexibility index (Phi) is 6.99. The number of ether oxygens (including phenoxy) is 1. The van der Waals surface area contributed by atoms with Crippen molar-refractivity contribution in [3.8, 4) is 39.7 Å². The topological polar surface area (TPSA) is 44.3 Å². The molecule has 0 unspecified atom stereocenters. The van der Waals surface area contributed by atoms with Crippen LogP contribution in [0.4, 0.5) is 0 Å². The molecule has 53 heavy (non-hydrogen) atoms. The first kappa shape index (κ1) is 31.1. The van der Waals surface area contributed by atoms with Crippen molar-refractivity contribution >= 4 is 49.1 Å². The van der Waals surface area contributed by atoms with Gasteiger partial charge in [-0.05, 0) is 121 Å². The molecule has 10 rings (SSSR count). The van der Waals surface area contributed by atoms with Gasteiger partial charge in [0.2, 0.25) is 0 Å². The second kappa shape index (κ2) is 11.9. The molecule has 0 radical (unpaired) electrons. The average molecular weight is 685 g/mol. The van der Waals surface area contributed by atoms with Gasteiger partial charge in [0.05, 0.1) is 28.4 Å². The summed E-state index contributed by atoms with van der Waals surface area (Å²) < 4.78 is 11.3. The van der Waals surface area contributed by atoms with Crippen molar-refractivity contribution in [3.05, 3.63) is 168 Å². The second-order valence-corrected chi connectivity index (χ2v) is 14.1. The molecule has 0 amide bonds. The summed E-state index contributed by atoms with van der Waals surface area (Å²) in [6.07, 6.45) is 3.87. The van der Waals surface area contributed by atoms with Crippen LogP contribution in [0, 0.1) is 27.7 Å². The van der Waals surface area contributed by atoms with Crippen molar-refractivity contribution in [1.29, 1.82) is 0 Å². The van der Waals surface area contributed by atoms with Gasteiger partial charge < -0.3 is 4.74 Å². The van der Waals surface area contributed by atoms with Gasteiger partial charge in [0.25, 0.3) is 0 Å². The molecule has 4 aromatic heterocycles. The summed E-state index contributed by atoms with van der Waals surface area (Å²) in [4.78, 5) is 9.85. The minimum absolute atomic E-state index is 0.752. The minimum Gasteiger partial charge on any atom is -0.457 e. The Morgan fingerprint density at radius 3 is 1.87 bits per heavy atom. The summed E-state index contributed by atoms with van der Waals surface area (Å²) in [5.41, 5.74) is 13.9. The summed E-state index contributed by atoms with van der Waals surface area (Å²) in [5.74, 6) is 2.38. The van der Waals surface area contributed by atoms with E-state index in [2.05, 4.69) is 152 Å². The van der Waals surface area contributed by atoms with E-state index in [0.29, 0.717) is 0 Å². The van der Waals surface area contributed by atoms with Crippen LogP contribution in [0.3, 0.4) is 0 Å². The van der Waals surface area contributed by atoms with E-state index in [-0.39, 0.29) is 0 Å². The highest BCUT2D eigenvalue weighted by Crippen LogP contribution is 2.40. The summed E-state index contributed by atoms with van der Waals surface area (Å²) in [7, 11) is 0. The molecule has 0 atom stereocenters. The van der Waals surface area contributed by atoms with E-state index in [1.54, 1.807) is 0 Å². The van der Waals surface area contributed by atoms with Crippen molar-refractivity contribution in [2.45, 2.75) is 27.7 Å². The van der Waals surface area contributed by atoms with E-state index in [1.807, 2.05) is 30.6 Å². The number of hydrogen-bond acceptors (Lipinski definition) is 3. The van der Waals surface area contributed by atoms with Crippen molar-refractivity contribution in [2.75, 3.05) is 0 Å². The predicted molar refractivity (Wildman–Crippen MR) is 219 cm³/mol. The Balaban J connectivity index is 1.18. The van der Waals surface area contributed by atoms with Crippen LogP contribution in [0.25, 0.3) is 77.3 Å². The highest BCUT2D eigenvalue weighted by atomic mass is 16.5. The molecular formula is C48H36N4O. The van der Waals surface area contributed by atoms with Crippen LogP contribution in [0.1, 0.15) is 22.3 Å². The zero-order valence-electron chi connectivity index (χ0n) is 30.1. The maximum absolute atomic E-state index is 6.70. The van der Waals surface area contributed by atoms with Gasteiger partial charge in [-0.2, -0.15) is 0 Å². The molecule has 0 fully saturated rings. The summed E-state index contributed by atoms with van der Waals surface area (Å²) in [6.45, 7) is 8.75. The normalized spacial score (nSPS) is 11.8. The molecule has 0 bridgehead atoms. The minimum atomic E-state index is 0.752. The first-order chi connectivity index (χ1) is 25.9. The SMILES string of the molecule is Cc1cccc(C)c1-c1ccc2c3ccc(Oc4ccc5c6ccccc6n(-c6ccccn6)c5c4)cc3c3ncc(-c4c(C)cccc4C)n3c2c1.